The molecule has 9 nitrogen and oxygen atoms in total. The van der Waals surface area contributed by atoms with E-state index < -0.39 is 15.4 Å². The van der Waals surface area contributed by atoms with E-state index in [1.165, 1.54) is 22.5 Å². The molecule has 3 aromatic rings. The van der Waals surface area contributed by atoms with Crippen LogP contribution in [0.4, 0.5) is 5.95 Å². The van der Waals surface area contributed by atoms with E-state index in [9.17, 15) is 18.3 Å². The van der Waals surface area contributed by atoms with Crippen molar-refractivity contribution in [1.29, 1.82) is 0 Å². The standard InChI is InChI=1S/C22H25N5O4S2/c1-27-11-8-22(29,20(27)28)16-6-3-5-15(13-16)19-25-18(14-32-19)17-7-10-24-21(26-17)23-9-4-12-33(2,30)31/h3,5-7,10,13-14,29H,4,8-9,11-12H2,1-2H3,(H,23,24,26)/t22-/m1/s1. The molecule has 1 aliphatic rings. The summed E-state index contributed by atoms with van der Waals surface area (Å²) in [5.74, 6) is 0.214. The lowest BCUT2D eigenvalue weighted by molar-refractivity contribution is -0.143. The van der Waals surface area contributed by atoms with Crippen LogP contribution in [0.2, 0.25) is 0 Å². The topological polar surface area (TPSA) is 125 Å². The number of likely N-dealkylation sites (tertiary alicyclic amines) is 1. The van der Waals surface area contributed by atoms with Gasteiger partial charge in [-0.3, -0.25) is 4.79 Å². The van der Waals surface area contributed by atoms with Crippen molar-refractivity contribution in [3.05, 3.63) is 47.5 Å². The summed E-state index contributed by atoms with van der Waals surface area (Å²) in [6.45, 7) is 0.960. The van der Waals surface area contributed by atoms with Gasteiger partial charge in [0.2, 0.25) is 5.95 Å². The lowest BCUT2D eigenvalue weighted by atomic mass is 9.91. The van der Waals surface area contributed by atoms with E-state index in [1.54, 1.807) is 25.4 Å². The summed E-state index contributed by atoms with van der Waals surface area (Å²) in [5.41, 5.74) is 1.19. The Balaban J connectivity index is 1.50. The molecule has 1 aromatic carbocycles. The molecule has 1 fully saturated rings. The first-order valence-corrected chi connectivity index (χ1v) is 13.4. The Morgan fingerprint density at radius 3 is 2.79 bits per heavy atom. The van der Waals surface area contributed by atoms with Crippen molar-refractivity contribution in [2.24, 2.45) is 0 Å². The molecule has 0 spiro atoms. The highest BCUT2D eigenvalue weighted by molar-refractivity contribution is 7.90. The highest BCUT2D eigenvalue weighted by atomic mass is 32.2. The third kappa shape index (κ3) is 5.21. The molecule has 0 saturated carbocycles. The van der Waals surface area contributed by atoms with Crippen molar-refractivity contribution in [2.75, 3.05) is 37.5 Å². The number of rotatable bonds is 8. The maximum Gasteiger partial charge on any atom is 0.258 e. The fourth-order valence-electron chi connectivity index (χ4n) is 3.68. The SMILES string of the molecule is CN1CC[C@@](O)(c2cccc(-c3nc(-c4ccnc(NCCCS(C)(=O)=O)n4)cs3)c2)C1=O. The third-order valence-electron chi connectivity index (χ3n) is 5.49. The average molecular weight is 488 g/mol. The average Bonchev–Trinajstić information content (AvgIpc) is 3.39. The van der Waals surface area contributed by atoms with Crippen LogP contribution in [0.15, 0.2) is 41.9 Å². The summed E-state index contributed by atoms with van der Waals surface area (Å²) in [7, 11) is -1.31. The van der Waals surface area contributed by atoms with Crippen molar-refractivity contribution < 1.29 is 18.3 Å². The molecule has 0 radical (unpaired) electrons. The van der Waals surface area contributed by atoms with Crippen molar-refractivity contribution in [2.45, 2.75) is 18.4 Å². The van der Waals surface area contributed by atoms with Crippen LogP contribution in [0.3, 0.4) is 0 Å². The number of anilines is 1. The van der Waals surface area contributed by atoms with Gasteiger partial charge in [0.15, 0.2) is 5.60 Å². The molecule has 174 valence electrons. The Bertz CT molecular complexity index is 1280. The van der Waals surface area contributed by atoms with Crippen LogP contribution in [0.25, 0.3) is 22.0 Å². The van der Waals surface area contributed by atoms with Crippen LogP contribution in [0, 0.1) is 0 Å². The lowest BCUT2D eigenvalue weighted by Crippen LogP contribution is -2.36. The van der Waals surface area contributed by atoms with Gasteiger partial charge in [-0.05, 0) is 24.1 Å². The zero-order chi connectivity index (χ0) is 23.6. The van der Waals surface area contributed by atoms with Crippen LogP contribution < -0.4 is 5.32 Å². The van der Waals surface area contributed by atoms with Gasteiger partial charge in [0, 0.05) is 50.0 Å². The van der Waals surface area contributed by atoms with Gasteiger partial charge in [0.05, 0.1) is 11.4 Å². The minimum absolute atomic E-state index is 0.102. The molecule has 4 rings (SSSR count). The van der Waals surface area contributed by atoms with Crippen molar-refractivity contribution in [1.82, 2.24) is 19.9 Å². The van der Waals surface area contributed by atoms with E-state index >= 15 is 0 Å². The molecule has 2 aromatic heterocycles. The van der Waals surface area contributed by atoms with Crippen LogP contribution in [-0.2, 0) is 20.2 Å². The largest absolute Gasteiger partial charge is 0.375 e. The molecule has 33 heavy (non-hydrogen) atoms. The zero-order valence-electron chi connectivity index (χ0n) is 18.4. The Morgan fingerprint density at radius 2 is 2.06 bits per heavy atom. The smallest absolute Gasteiger partial charge is 0.258 e. The fourth-order valence-corrected chi connectivity index (χ4v) is 5.16. The second-order valence-corrected chi connectivity index (χ2v) is 11.2. The molecule has 0 unspecified atom stereocenters. The van der Waals surface area contributed by atoms with Gasteiger partial charge in [-0.25, -0.2) is 23.4 Å². The van der Waals surface area contributed by atoms with Crippen LogP contribution in [0.5, 0.6) is 0 Å². The molecule has 3 heterocycles. The molecule has 1 amide bonds. The third-order valence-corrected chi connectivity index (χ3v) is 7.42. The number of sulfone groups is 1. The number of hydrogen-bond acceptors (Lipinski definition) is 9. The van der Waals surface area contributed by atoms with E-state index in [4.69, 9.17) is 0 Å². The predicted octanol–water partition coefficient (Wildman–Crippen LogP) is 2.16. The Kier molecular flexibility index (Phi) is 6.46. The number of aliphatic hydroxyl groups is 1. The Labute approximate surface area is 196 Å². The summed E-state index contributed by atoms with van der Waals surface area (Å²) >= 11 is 1.44. The Morgan fingerprint density at radius 1 is 1.24 bits per heavy atom. The van der Waals surface area contributed by atoms with E-state index in [2.05, 4.69) is 20.3 Å². The van der Waals surface area contributed by atoms with E-state index in [0.29, 0.717) is 48.8 Å². The minimum atomic E-state index is -3.00. The molecule has 0 bridgehead atoms. The first-order chi connectivity index (χ1) is 15.7. The molecule has 0 aliphatic carbocycles. The summed E-state index contributed by atoms with van der Waals surface area (Å²) in [6.07, 6.45) is 3.66. The number of hydrogen-bond donors (Lipinski definition) is 2. The monoisotopic (exact) mass is 487 g/mol. The maximum atomic E-state index is 12.5. The first kappa shape index (κ1) is 23.3. The van der Waals surface area contributed by atoms with Crippen molar-refractivity contribution in [3.8, 4) is 22.0 Å². The number of benzene rings is 1. The highest BCUT2D eigenvalue weighted by Crippen LogP contribution is 2.36. The molecular formula is C22H25N5O4S2. The van der Waals surface area contributed by atoms with Crippen LogP contribution in [-0.4, -0.2) is 71.4 Å². The number of thiazole rings is 1. The van der Waals surface area contributed by atoms with Gasteiger partial charge < -0.3 is 15.3 Å². The zero-order valence-corrected chi connectivity index (χ0v) is 20.0. The van der Waals surface area contributed by atoms with Crippen molar-refractivity contribution >= 4 is 33.0 Å². The van der Waals surface area contributed by atoms with Gasteiger partial charge in [0.1, 0.15) is 20.5 Å². The number of amides is 1. The van der Waals surface area contributed by atoms with Gasteiger partial charge >= 0.3 is 0 Å². The molecule has 1 aliphatic heterocycles. The number of likely N-dealkylation sites (N-methyl/N-ethyl adjacent to an activating group) is 1. The second kappa shape index (κ2) is 9.16. The summed E-state index contributed by atoms with van der Waals surface area (Å²) in [5, 5.41) is 16.6. The summed E-state index contributed by atoms with van der Waals surface area (Å²) in [6, 6.07) is 9.05. The van der Waals surface area contributed by atoms with E-state index in [-0.39, 0.29) is 11.7 Å². The molecule has 11 heteroatoms. The number of nitrogens with one attached hydrogen (secondary N) is 1. The summed E-state index contributed by atoms with van der Waals surface area (Å²) in [4.78, 5) is 27.3. The fraction of sp³-hybridized carbons (Fsp3) is 0.364. The van der Waals surface area contributed by atoms with E-state index in [0.717, 1.165) is 10.6 Å². The second-order valence-electron chi connectivity index (χ2n) is 8.13. The first-order valence-electron chi connectivity index (χ1n) is 10.5. The predicted molar refractivity (Wildman–Crippen MR) is 128 cm³/mol. The van der Waals surface area contributed by atoms with Crippen LogP contribution >= 0.6 is 11.3 Å². The van der Waals surface area contributed by atoms with Crippen molar-refractivity contribution in [3.63, 3.8) is 0 Å². The highest BCUT2D eigenvalue weighted by Gasteiger charge is 2.45. The summed E-state index contributed by atoms with van der Waals surface area (Å²) < 4.78 is 22.5. The number of carbonyl (C=O) groups excluding carboxylic acids is 1. The van der Waals surface area contributed by atoms with Crippen LogP contribution in [0.1, 0.15) is 18.4 Å². The molecule has 2 N–H and O–H groups in total. The van der Waals surface area contributed by atoms with Gasteiger partial charge in [-0.15, -0.1) is 11.3 Å². The van der Waals surface area contributed by atoms with Gasteiger partial charge in [0.25, 0.3) is 5.91 Å². The van der Waals surface area contributed by atoms with E-state index in [1.807, 2.05) is 23.6 Å². The maximum absolute atomic E-state index is 12.5. The molecule has 1 atom stereocenters. The Hall–Kier alpha value is -2.89. The van der Waals surface area contributed by atoms with Gasteiger partial charge in [-0.1, -0.05) is 18.2 Å². The number of nitrogens with zero attached hydrogens (tertiary/aromatic N) is 4. The number of carbonyl (C=O) groups is 1. The quantitative estimate of drug-likeness (QED) is 0.463. The normalized spacial score (nSPS) is 18.6. The number of aromatic nitrogens is 3. The molecular weight excluding hydrogens is 462 g/mol. The molecule has 1 saturated heterocycles. The minimum Gasteiger partial charge on any atom is -0.375 e. The van der Waals surface area contributed by atoms with Gasteiger partial charge in [-0.2, -0.15) is 0 Å². The lowest BCUT2D eigenvalue weighted by Gasteiger charge is -2.21.